The molecule has 0 heterocycles. The summed E-state index contributed by atoms with van der Waals surface area (Å²) in [6.07, 6.45) is 0. The van der Waals surface area contributed by atoms with E-state index in [9.17, 15) is 9.59 Å². The molecule has 1 aromatic carbocycles. The van der Waals surface area contributed by atoms with Gasteiger partial charge in [0.05, 0.1) is 29.6 Å². The number of esters is 1. The maximum atomic E-state index is 11.9. The van der Waals surface area contributed by atoms with Crippen LogP contribution in [-0.4, -0.2) is 44.0 Å². The number of likely N-dealkylation sites (N-methyl/N-ethyl adjacent to an activating group) is 1. The molecule has 1 amide bonds. The number of anilines is 1. The average Bonchev–Trinajstić information content (AvgIpc) is 2.41. The van der Waals surface area contributed by atoms with Gasteiger partial charge < -0.3 is 10.1 Å². The van der Waals surface area contributed by atoms with Crippen molar-refractivity contribution < 1.29 is 14.3 Å². The molecule has 0 aliphatic heterocycles. The minimum absolute atomic E-state index is 0.154. The van der Waals surface area contributed by atoms with Crippen LogP contribution < -0.4 is 5.32 Å². The lowest BCUT2D eigenvalue weighted by Crippen LogP contribution is -2.35. The molecule has 1 unspecified atom stereocenters. The van der Waals surface area contributed by atoms with E-state index in [0.29, 0.717) is 22.3 Å². The minimum atomic E-state index is -0.299. The van der Waals surface area contributed by atoms with Crippen molar-refractivity contribution in [2.24, 2.45) is 5.92 Å². The van der Waals surface area contributed by atoms with Crippen molar-refractivity contribution in [1.82, 2.24) is 4.90 Å². The van der Waals surface area contributed by atoms with Crippen LogP contribution in [0.2, 0.25) is 10.0 Å². The van der Waals surface area contributed by atoms with Crippen LogP contribution in [0, 0.1) is 5.92 Å². The third kappa shape index (κ3) is 5.91. The summed E-state index contributed by atoms with van der Waals surface area (Å²) in [5.41, 5.74) is 0.573. The maximum absolute atomic E-state index is 11.9. The highest BCUT2D eigenvalue weighted by Crippen LogP contribution is 2.24. The van der Waals surface area contributed by atoms with E-state index in [1.54, 1.807) is 37.1 Å². The Morgan fingerprint density at radius 2 is 2.00 bits per heavy atom. The van der Waals surface area contributed by atoms with Crippen molar-refractivity contribution in [3.63, 3.8) is 0 Å². The fourth-order valence-electron chi connectivity index (χ4n) is 1.83. The van der Waals surface area contributed by atoms with Gasteiger partial charge in [0, 0.05) is 12.2 Å². The van der Waals surface area contributed by atoms with Gasteiger partial charge in [0.25, 0.3) is 0 Å². The number of amides is 1. The third-order valence-electron chi connectivity index (χ3n) is 2.81. The second-order valence-electron chi connectivity index (χ2n) is 4.80. The molecular weight excluding hydrogens is 315 g/mol. The van der Waals surface area contributed by atoms with Gasteiger partial charge in [-0.25, -0.2) is 0 Å². The van der Waals surface area contributed by atoms with Crippen LogP contribution in [0.3, 0.4) is 0 Å². The highest BCUT2D eigenvalue weighted by Gasteiger charge is 2.17. The van der Waals surface area contributed by atoms with Crippen molar-refractivity contribution in [2.75, 3.05) is 32.6 Å². The molecule has 1 N–H and O–H groups in total. The number of hydrogen-bond acceptors (Lipinski definition) is 4. The van der Waals surface area contributed by atoms with Crippen LogP contribution in [0.5, 0.6) is 0 Å². The van der Waals surface area contributed by atoms with Gasteiger partial charge in [0.2, 0.25) is 5.91 Å². The molecule has 0 fully saturated rings. The largest absolute Gasteiger partial charge is 0.469 e. The Balaban J connectivity index is 2.49. The molecule has 0 radical (unpaired) electrons. The number of nitrogens with one attached hydrogen (secondary N) is 1. The summed E-state index contributed by atoms with van der Waals surface area (Å²) in [4.78, 5) is 25.0. The molecule has 116 valence electrons. The van der Waals surface area contributed by atoms with E-state index >= 15 is 0 Å². The molecule has 1 aromatic rings. The molecule has 1 atom stereocenters. The molecule has 5 nitrogen and oxygen atoms in total. The molecule has 0 bridgehead atoms. The summed E-state index contributed by atoms with van der Waals surface area (Å²) in [5, 5.41) is 3.52. The lowest BCUT2D eigenvalue weighted by Gasteiger charge is -2.19. The second kappa shape index (κ2) is 8.22. The fraction of sp³-hybridized carbons (Fsp3) is 0.429. The lowest BCUT2D eigenvalue weighted by molar-refractivity contribution is -0.145. The topological polar surface area (TPSA) is 58.6 Å². The zero-order valence-electron chi connectivity index (χ0n) is 12.2. The quantitative estimate of drug-likeness (QED) is 0.813. The summed E-state index contributed by atoms with van der Waals surface area (Å²) in [7, 11) is 3.10. The first kappa shape index (κ1) is 17.8. The summed E-state index contributed by atoms with van der Waals surface area (Å²) in [5.74, 6) is -0.794. The molecular formula is C14H18Cl2N2O3. The molecule has 7 heteroatoms. The second-order valence-corrected chi connectivity index (χ2v) is 5.61. The number of ether oxygens (including phenoxy) is 1. The van der Waals surface area contributed by atoms with Gasteiger partial charge in [-0.2, -0.15) is 0 Å². The summed E-state index contributed by atoms with van der Waals surface area (Å²) < 4.78 is 4.64. The van der Waals surface area contributed by atoms with Gasteiger partial charge in [-0.15, -0.1) is 0 Å². The van der Waals surface area contributed by atoms with Gasteiger partial charge in [-0.1, -0.05) is 30.1 Å². The van der Waals surface area contributed by atoms with E-state index in [2.05, 4.69) is 10.1 Å². The van der Waals surface area contributed by atoms with Crippen LogP contribution in [-0.2, 0) is 14.3 Å². The number of benzene rings is 1. The molecule has 0 aromatic heterocycles. The van der Waals surface area contributed by atoms with E-state index in [4.69, 9.17) is 23.2 Å². The van der Waals surface area contributed by atoms with Crippen molar-refractivity contribution in [3.05, 3.63) is 28.2 Å². The number of hydrogen-bond donors (Lipinski definition) is 1. The SMILES string of the molecule is COC(=O)C(C)CN(C)CC(=O)Nc1ccc(Cl)c(Cl)c1. The van der Waals surface area contributed by atoms with Crippen molar-refractivity contribution in [3.8, 4) is 0 Å². The molecule has 0 saturated carbocycles. The predicted octanol–water partition coefficient (Wildman–Crippen LogP) is 2.67. The van der Waals surface area contributed by atoms with Crippen molar-refractivity contribution in [2.45, 2.75) is 6.92 Å². The lowest BCUT2D eigenvalue weighted by atomic mass is 10.2. The van der Waals surface area contributed by atoms with Gasteiger partial charge >= 0.3 is 5.97 Å². The highest BCUT2D eigenvalue weighted by molar-refractivity contribution is 6.42. The Morgan fingerprint density at radius 1 is 1.33 bits per heavy atom. The van der Waals surface area contributed by atoms with Gasteiger partial charge in [0.1, 0.15) is 0 Å². The fourth-order valence-corrected chi connectivity index (χ4v) is 2.13. The van der Waals surface area contributed by atoms with Crippen LogP contribution >= 0.6 is 23.2 Å². The van der Waals surface area contributed by atoms with Crippen LogP contribution in [0.15, 0.2) is 18.2 Å². The van der Waals surface area contributed by atoms with Gasteiger partial charge in [-0.05, 0) is 25.2 Å². The van der Waals surface area contributed by atoms with E-state index in [1.807, 2.05) is 0 Å². The predicted molar refractivity (Wildman–Crippen MR) is 83.8 cm³/mol. The standard InChI is InChI=1S/C14H18Cl2N2O3/c1-9(14(20)21-3)7-18(2)8-13(19)17-10-4-5-11(15)12(16)6-10/h4-6,9H,7-8H2,1-3H3,(H,17,19). The zero-order valence-corrected chi connectivity index (χ0v) is 13.7. The minimum Gasteiger partial charge on any atom is -0.469 e. The zero-order chi connectivity index (χ0) is 16.0. The molecule has 0 aliphatic carbocycles. The van der Waals surface area contributed by atoms with Crippen LogP contribution in [0.4, 0.5) is 5.69 Å². The van der Waals surface area contributed by atoms with Gasteiger partial charge in [0.15, 0.2) is 0 Å². The van der Waals surface area contributed by atoms with E-state index in [-0.39, 0.29) is 24.3 Å². The van der Waals surface area contributed by atoms with E-state index in [0.717, 1.165) is 0 Å². The number of rotatable bonds is 6. The maximum Gasteiger partial charge on any atom is 0.309 e. The molecule has 0 aliphatic rings. The molecule has 1 rings (SSSR count). The number of carbonyl (C=O) groups excluding carboxylic acids is 2. The first-order valence-electron chi connectivity index (χ1n) is 6.34. The van der Waals surface area contributed by atoms with E-state index < -0.39 is 0 Å². The Bertz CT molecular complexity index is 523. The number of halogens is 2. The number of methoxy groups -OCH3 is 1. The summed E-state index contributed by atoms with van der Waals surface area (Å²) in [6, 6.07) is 4.87. The Morgan fingerprint density at radius 3 is 2.57 bits per heavy atom. The molecule has 0 saturated heterocycles. The van der Waals surface area contributed by atoms with E-state index in [1.165, 1.54) is 7.11 Å². The number of nitrogens with zero attached hydrogens (tertiary/aromatic N) is 1. The molecule has 0 spiro atoms. The highest BCUT2D eigenvalue weighted by atomic mass is 35.5. The van der Waals surface area contributed by atoms with Crippen molar-refractivity contribution in [1.29, 1.82) is 0 Å². The number of carbonyl (C=O) groups is 2. The van der Waals surface area contributed by atoms with Crippen molar-refractivity contribution >= 4 is 40.8 Å². The smallest absolute Gasteiger partial charge is 0.309 e. The van der Waals surface area contributed by atoms with Crippen LogP contribution in [0.1, 0.15) is 6.92 Å². The first-order chi connectivity index (χ1) is 9.83. The van der Waals surface area contributed by atoms with Crippen LogP contribution in [0.25, 0.3) is 0 Å². The Hall–Kier alpha value is -1.30. The Labute approximate surface area is 134 Å². The first-order valence-corrected chi connectivity index (χ1v) is 7.10. The average molecular weight is 333 g/mol. The molecule has 21 heavy (non-hydrogen) atoms. The summed E-state index contributed by atoms with van der Waals surface area (Å²) >= 11 is 11.7. The summed E-state index contributed by atoms with van der Waals surface area (Å²) in [6.45, 7) is 2.34. The Kier molecular flexibility index (Phi) is 6.95. The van der Waals surface area contributed by atoms with Gasteiger partial charge in [-0.3, -0.25) is 14.5 Å². The third-order valence-corrected chi connectivity index (χ3v) is 3.54. The normalized spacial score (nSPS) is 12.1. The monoisotopic (exact) mass is 332 g/mol.